The van der Waals surface area contributed by atoms with E-state index in [0.717, 1.165) is 4.90 Å². The average Bonchev–Trinajstić information content (AvgIpc) is 3.56. The molecule has 1 saturated heterocycles. The molecule has 2 atom stereocenters. The van der Waals surface area contributed by atoms with Crippen molar-refractivity contribution < 1.29 is 47.6 Å². The molecular formula is C33H24FN3O10S. The minimum absolute atomic E-state index is 0.0551. The lowest BCUT2D eigenvalue weighted by Crippen LogP contribution is -2.71. The predicted molar refractivity (Wildman–Crippen MR) is 168 cm³/mol. The van der Waals surface area contributed by atoms with Crippen LogP contribution in [-0.2, 0) is 19.1 Å². The number of rotatable bonds is 9. The highest BCUT2D eigenvalue weighted by atomic mass is 32.2. The van der Waals surface area contributed by atoms with Crippen LogP contribution in [-0.4, -0.2) is 75.5 Å². The molecule has 3 aliphatic rings. The van der Waals surface area contributed by atoms with Gasteiger partial charge in [-0.1, -0.05) is 18.2 Å². The van der Waals surface area contributed by atoms with Crippen LogP contribution in [0.3, 0.4) is 0 Å². The maximum atomic E-state index is 13.7. The first-order valence-electron chi connectivity index (χ1n) is 14.5. The molecule has 48 heavy (non-hydrogen) atoms. The summed E-state index contributed by atoms with van der Waals surface area (Å²) in [5.74, 6) is -2.91. The molecule has 3 aliphatic heterocycles. The summed E-state index contributed by atoms with van der Waals surface area (Å²) >= 11 is 1.19. The van der Waals surface area contributed by atoms with Crippen LogP contribution in [0.4, 0.5) is 4.39 Å². The Morgan fingerprint density at radius 1 is 1.02 bits per heavy atom. The maximum Gasteiger partial charge on any atom is 0.352 e. The van der Waals surface area contributed by atoms with Crippen LogP contribution in [0.25, 0.3) is 16.6 Å². The third kappa shape index (κ3) is 5.57. The molecule has 1 aromatic heterocycles. The van der Waals surface area contributed by atoms with E-state index in [4.69, 9.17) is 18.9 Å². The van der Waals surface area contributed by atoms with E-state index in [1.54, 1.807) is 36.4 Å². The number of hydrogen-bond acceptors (Lipinski definition) is 10. The first kappa shape index (κ1) is 30.8. The second-order valence-corrected chi connectivity index (χ2v) is 11.9. The smallest absolute Gasteiger partial charge is 0.352 e. The number of fused-ring (bicyclic) bond motifs is 3. The second-order valence-electron chi connectivity index (χ2n) is 10.8. The number of carboxylic acids is 1. The van der Waals surface area contributed by atoms with Gasteiger partial charge in [-0.15, -0.1) is 11.8 Å². The van der Waals surface area contributed by atoms with Gasteiger partial charge in [0.05, 0.1) is 10.9 Å². The fourth-order valence-corrected chi connectivity index (χ4v) is 6.91. The van der Waals surface area contributed by atoms with Gasteiger partial charge in [0.2, 0.25) is 12.2 Å². The standard InChI is InChI=1S/C33H24FN3O10S/c34-18-6-8-19(9-7-18)36-12-22(29(39)21-10-24-25(11-23(21)36)47-16-46-24)33(43)45-13-17-15-48-31-27(30(40)37(31)28(17)32(41)42)35-26(38)14-44-20-4-2-1-3-5-20/h1-12,27,31H,13-16H2,(H,35,38)(H,41,42)/t27?,31-/m1/s1. The van der Waals surface area contributed by atoms with E-state index in [9.17, 15) is 33.5 Å². The molecule has 7 rings (SSSR count). The van der Waals surface area contributed by atoms with E-state index in [1.165, 1.54) is 52.9 Å². The van der Waals surface area contributed by atoms with E-state index in [-0.39, 0.29) is 41.4 Å². The Hall–Kier alpha value is -5.83. The van der Waals surface area contributed by atoms with Crippen LogP contribution < -0.4 is 25.0 Å². The Bertz CT molecular complexity index is 2080. The lowest BCUT2D eigenvalue weighted by Gasteiger charge is -2.49. The molecule has 1 unspecified atom stereocenters. The third-order valence-electron chi connectivity index (χ3n) is 7.88. The first-order chi connectivity index (χ1) is 23.2. The molecule has 0 radical (unpaired) electrons. The van der Waals surface area contributed by atoms with Crippen molar-refractivity contribution in [2.75, 3.05) is 25.8 Å². The number of thioether (sulfide) groups is 1. The van der Waals surface area contributed by atoms with Gasteiger partial charge in [-0.05, 0) is 42.5 Å². The van der Waals surface area contributed by atoms with Crippen molar-refractivity contribution in [3.63, 3.8) is 0 Å². The Morgan fingerprint density at radius 3 is 2.48 bits per heavy atom. The summed E-state index contributed by atoms with van der Waals surface area (Å²) in [4.78, 5) is 65.8. The van der Waals surface area contributed by atoms with Gasteiger partial charge in [-0.25, -0.2) is 14.0 Å². The minimum Gasteiger partial charge on any atom is -0.484 e. The summed E-state index contributed by atoms with van der Waals surface area (Å²) in [5.41, 5.74) is -0.481. The number of hydrogen-bond donors (Lipinski definition) is 2. The van der Waals surface area contributed by atoms with Gasteiger partial charge in [0.25, 0.3) is 11.8 Å². The lowest BCUT2D eigenvalue weighted by atomic mass is 10.0. The number of esters is 1. The molecule has 3 aromatic carbocycles. The summed E-state index contributed by atoms with van der Waals surface area (Å²) in [5, 5.41) is 12.0. The fourth-order valence-electron chi connectivity index (χ4n) is 5.58. The zero-order valence-electron chi connectivity index (χ0n) is 24.7. The monoisotopic (exact) mass is 673 g/mol. The summed E-state index contributed by atoms with van der Waals surface area (Å²) in [6, 6.07) is 16.1. The van der Waals surface area contributed by atoms with Crippen molar-refractivity contribution >= 4 is 46.4 Å². The predicted octanol–water partition coefficient (Wildman–Crippen LogP) is 2.83. The number of halogens is 1. The molecule has 4 aromatic rings. The van der Waals surface area contributed by atoms with Crippen molar-refractivity contribution in [1.29, 1.82) is 0 Å². The Balaban J connectivity index is 1.10. The van der Waals surface area contributed by atoms with Crippen molar-refractivity contribution in [3.05, 3.63) is 106 Å². The number of aliphatic carboxylic acids is 1. The largest absolute Gasteiger partial charge is 0.484 e. The van der Waals surface area contributed by atoms with Crippen LogP contribution in [0.1, 0.15) is 10.4 Å². The zero-order chi connectivity index (χ0) is 33.5. The molecule has 15 heteroatoms. The maximum absolute atomic E-state index is 13.7. The van der Waals surface area contributed by atoms with Crippen LogP contribution >= 0.6 is 11.8 Å². The Kier molecular flexibility index (Phi) is 7.96. The fraction of sp³-hybridized carbons (Fsp3) is 0.182. The van der Waals surface area contributed by atoms with Gasteiger partial charge in [0, 0.05) is 29.3 Å². The van der Waals surface area contributed by atoms with Crippen LogP contribution in [0, 0.1) is 5.82 Å². The van der Waals surface area contributed by atoms with Gasteiger partial charge in [0.15, 0.2) is 18.1 Å². The van der Waals surface area contributed by atoms with Gasteiger partial charge in [-0.2, -0.15) is 0 Å². The number of carbonyl (C=O) groups excluding carboxylic acids is 3. The molecule has 1 fully saturated rings. The van der Waals surface area contributed by atoms with E-state index >= 15 is 0 Å². The zero-order valence-corrected chi connectivity index (χ0v) is 25.5. The van der Waals surface area contributed by atoms with Crippen molar-refractivity contribution in [2.24, 2.45) is 0 Å². The normalized spacial score (nSPS) is 17.9. The number of ether oxygens (including phenoxy) is 4. The number of nitrogens with zero attached hydrogens (tertiary/aromatic N) is 2. The van der Waals surface area contributed by atoms with Crippen LogP contribution in [0.5, 0.6) is 17.2 Å². The summed E-state index contributed by atoms with van der Waals surface area (Å²) in [7, 11) is 0. The molecule has 2 amide bonds. The summed E-state index contributed by atoms with van der Waals surface area (Å²) < 4.78 is 37.0. The first-order valence-corrected chi connectivity index (χ1v) is 15.5. The van der Waals surface area contributed by atoms with Crippen molar-refractivity contribution in [3.8, 4) is 22.9 Å². The highest BCUT2D eigenvalue weighted by Crippen LogP contribution is 2.40. The highest BCUT2D eigenvalue weighted by Gasteiger charge is 2.54. The molecule has 0 saturated carbocycles. The second kappa shape index (κ2) is 12.4. The van der Waals surface area contributed by atoms with Crippen molar-refractivity contribution in [2.45, 2.75) is 11.4 Å². The molecule has 4 heterocycles. The molecule has 13 nitrogen and oxygen atoms in total. The van der Waals surface area contributed by atoms with Crippen molar-refractivity contribution in [1.82, 2.24) is 14.8 Å². The van der Waals surface area contributed by atoms with Gasteiger partial charge >= 0.3 is 11.9 Å². The number of benzene rings is 3. The molecule has 0 bridgehead atoms. The molecule has 0 spiro atoms. The van der Waals surface area contributed by atoms with Gasteiger partial charge in [0.1, 0.15) is 40.8 Å². The number of para-hydroxylation sites is 1. The number of nitrogens with one attached hydrogen (secondary N) is 1. The number of carbonyl (C=O) groups is 4. The molecule has 0 aliphatic carbocycles. The minimum atomic E-state index is -1.42. The lowest BCUT2D eigenvalue weighted by molar-refractivity contribution is -0.151. The molecular weight excluding hydrogens is 649 g/mol. The number of pyridine rings is 1. The van der Waals surface area contributed by atoms with E-state index in [0.29, 0.717) is 28.5 Å². The van der Waals surface area contributed by atoms with E-state index < -0.39 is 53.0 Å². The topological polar surface area (TPSA) is 163 Å². The summed E-state index contributed by atoms with van der Waals surface area (Å²) in [6.07, 6.45) is 1.26. The number of β-lactam (4-membered cyclic amide) rings is 1. The van der Waals surface area contributed by atoms with Gasteiger partial charge in [-0.3, -0.25) is 19.3 Å². The Morgan fingerprint density at radius 2 is 1.75 bits per heavy atom. The average molecular weight is 674 g/mol. The SMILES string of the molecule is O=C(COc1ccccc1)NC1C(=O)N2C(C(=O)O)=C(COC(=O)c3cn(-c4ccc(F)cc4)c4cc5c(cc4c3=O)OCO5)CS[C@H]12. The highest BCUT2D eigenvalue weighted by molar-refractivity contribution is 8.00. The number of carboxylic acid groups (broad SMARTS) is 1. The van der Waals surface area contributed by atoms with E-state index in [2.05, 4.69) is 5.32 Å². The Labute approximate surface area is 274 Å². The molecule has 2 N–H and O–H groups in total. The number of amides is 2. The van der Waals surface area contributed by atoms with Crippen LogP contribution in [0.2, 0.25) is 0 Å². The molecule has 244 valence electrons. The van der Waals surface area contributed by atoms with Crippen LogP contribution in [0.15, 0.2) is 89.0 Å². The summed E-state index contributed by atoms with van der Waals surface area (Å²) in [6.45, 7) is -0.920. The van der Waals surface area contributed by atoms with E-state index in [1.807, 2.05) is 0 Å². The van der Waals surface area contributed by atoms with Gasteiger partial charge < -0.3 is 33.9 Å². The quantitative estimate of drug-likeness (QED) is 0.199. The number of aromatic nitrogens is 1. The third-order valence-corrected chi connectivity index (χ3v) is 9.22.